The topological polar surface area (TPSA) is 38.9 Å². The average molecular weight is 239 g/mol. The number of aryl methyl sites for hydroxylation is 1. The first-order chi connectivity index (χ1) is 6.95. The predicted octanol–water partition coefficient (Wildman–Crippen LogP) is 2.65. The molecule has 2 N–H and O–H groups in total. The number of alkyl halides is 3. The third-order valence-electron chi connectivity index (χ3n) is 1.91. The van der Waals surface area contributed by atoms with Crippen molar-refractivity contribution in [2.24, 2.45) is 5.73 Å². The van der Waals surface area contributed by atoms with E-state index in [1.807, 2.05) is 0 Å². The highest BCUT2D eigenvalue weighted by Gasteiger charge is 2.33. The number of aromatic nitrogens is 1. The highest BCUT2D eigenvalue weighted by molar-refractivity contribution is 6.29. The van der Waals surface area contributed by atoms with Crippen LogP contribution in [0.25, 0.3) is 0 Å². The van der Waals surface area contributed by atoms with E-state index in [0.29, 0.717) is 13.0 Å². The Morgan fingerprint density at radius 2 is 2.07 bits per heavy atom. The highest BCUT2D eigenvalue weighted by atomic mass is 35.5. The van der Waals surface area contributed by atoms with Gasteiger partial charge in [-0.1, -0.05) is 11.6 Å². The van der Waals surface area contributed by atoms with Crippen LogP contribution in [0.1, 0.15) is 17.5 Å². The fourth-order valence-corrected chi connectivity index (χ4v) is 1.37. The SMILES string of the molecule is NCCCc1cnc(Cl)cc1C(F)(F)F. The minimum absolute atomic E-state index is 0.136. The summed E-state index contributed by atoms with van der Waals surface area (Å²) in [4.78, 5) is 3.63. The molecule has 0 radical (unpaired) electrons. The number of pyridine rings is 1. The van der Waals surface area contributed by atoms with E-state index in [2.05, 4.69) is 4.98 Å². The second-order valence-corrected chi connectivity index (χ2v) is 3.44. The number of hydrogen-bond donors (Lipinski definition) is 1. The zero-order valence-corrected chi connectivity index (χ0v) is 8.57. The fourth-order valence-electron chi connectivity index (χ4n) is 1.21. The first-order valence-corrected chi connectivity index (χ1v) is 4.74. The zero-order chi connectivity index (χ0) is 11.5. The molecule has 0 bridgehead atoms. The van der Waals surface area contributed by atoms with Crippen molar-refractivity contribution in [3.8, 4) is 0 Å². The lowest BCUT2D eigenvalue weighted by molar-refractivity contribution is -0.138. The summed E-state index contributed by atoms with van der Waals surface area (Å²) in [6.45, 7) is 0.347. The molecule has 15 heavy (non-hydrogen) atoms. The lowest BCUT2D eigenvalue weighted by Crippen LogP contribution is -2.11. The maximum absolute atomic E-state index is 12.5. The fraction of sp³-hybridized carbons (Fsp3) is 0.444. The van der Waals surface area contributed by atoms with E-state index in [0.717, 1.165) is 12.3 Å². The lowest BCUT2D eigenvalue weighted by Gasteiger charge is -2.12. The first-order valence-electron chi connectivity index (χ1n) is 4.37. The lowest BCUT2D eigenvalue weighted by atomic mass is 10.1. The van der Waals surface area contributed by atoms with Crippen LogP contribution in [0.2, 0.25) is 5.15 Å². The highest BCUT2D eigenvalue weighted by Crippen LogP contribution is 2.33. The van der Waals surface area contributed by atoms with Crippen molar-refractivity contribution in [2.75, 3.05) is 6.54 Å². The summed E-state index contributed by atoms with van der Waals surface area (Å²) in [7, 11) is 0. The molecule has 0 spiro atoms. The van der Waals surface area contributed by atoms with Gasteiger partial charge in [0.1, 0.15) is 5.15 Å². The molecular formula is C9H10ClF3N2. The van der Waals surface area contributed by atoms with Gasteiger partial charge in [0.2, 0.25) is 0 Å². The molecule has 0 saturated carbocycles. The first kappa shape index (κ1) is 12.3. The molecule has 0 aliphatic rings. The summed E-state index contributed by atoms with van der Waals surface area (Å²) < 4.78 is 37.6. The van der Waals surface area contributed by atoms with Crippen molar-refractivity contribution >= 4 is 11.6 Å². The number of rotatable bonds is 3. The molecule has 6 heteroatoms. The van der Waals surface area contributed by atoms with Gasteiger partial charge >= 0.3 is 6.18 Å². The average Bonchev–Trinajstić information content (AvgIpc) is 2.14. The standard InChI is InChI=1S/C9H10ClF3N2/c10-8-4-7(9(11,12)13)6(5-15-8)2-1-3-14/h4-5H,1-3,14H2. The molecule has 0 aliphatic heterocycles. The predicted molar refractivity (Wildman–Crippen MR) is 51.6 cm³/mol. The van der Waals surface area contributed by atoms with Crippen LogP contribution in [0.15, 0.2) is 12.3 Å². The third-order valence-corrected chi connectivity index (χ3v) is 2.12. The maximum atomic E-state index is 12.5. The number of halogens is 4. The Hall–Kier alpha value is -0.810. The van der Waals surface area contributed by atoms with Crippen LogP contribution in [0.5, 0.6) is 0 Å². The molecule has 1 rings (SSSR count). The van der Waals surface area contributed by atoms with Crippen LogP contribution < -0.4 is 5.73 Å². The van der Waals surface area contributed by atoms with Crippen molar-refractivity contribution in [3.63, 3.8) is 0 Å². The van der Waals surface area contributed by atoms with Gasteiger partial charge in [-0.3, -0.25) is 0 Å². The van der Waals surface area contributed by atoms with Gasteiger partial charge < -0.3 is 5.73 Å². The van der Waals surface area contributed by atoms with Crippen LogP contribution in [-0.4, -0.2) is 11.5 Å². The molecule has 0 fully saturated rings. The molecule has 0 aromatic carbocycles. The smallest absolute Gasteiger partial charge is 0.330 e. The van der Waals surface area contributed by atoms with Crippen LogP contribution >= 0.6 is 11.6 Å². The van der Waals surface area contributed by atoms with Crippen molar-refractivity contribution in [1.29, 1.82) is 0 Å². The van der Waals surface area contributed by atoms with E-state index in [1.54, 1.807) is 0 Å². The normalized spacial score (nSPS) is 11.8. The molecule has 84 valence electrons. The van der Waals surface area contributed by atoms with Gasteiger partial charge in [0.15, 0.2) is 0 Å². The number of nitrogens with two attached hydrogens (primary N) is 1. The van der Waals surface area contributed by atoms with Gasteiger partial charge in [0.05, 0.1) is 5.56 Å². The summed E-state index contributed by atoms with van der Waals surface area (Å²) in [5.74, 6) is 0. The van der Waals surface area contributed by atoms with E-state index in [1.165, 1.54) is 0 Å². The Kier molecular flexibility index (Phi) is 3.93. The second-order valence-electron chi connectivity index (χ2n) is 3.05. The zero-order valence-electron chi connectivity index (χ0n) is 7.81. The minimum Gasteiger partial charge on any atom is -0.330 e. The summed E-state index contributed by atoms with van der Waals surface area (Å²) in [5, 5.41) is -0.154. The van der Waals surface area contributed by atoms with Crippen LogP contribution in [0.3, 0.4) is 0 Å². The third kappa shape index (κ3) is 3.35. The Bertz CT molecular complexity index is 339. The van der Waals surface area contributed by atoms with E-state index in [4.69, 9.17) is 17.3 Å². The monoisotopic (exact) mass is 238 g/mol. The summed E-state index contributed by atoms with van der Waals surface area (Å²) in [6, 6.07) is 0.841. The Labute approximate surface area is 90.3 Å². The van der Waals surface area contributed by atoms with Gasteiger partial charge in [-0.25, -0.2) is 4.98 Å². The van der Waals surface area contributed by atoms with Gasteiger partial charge in [0.25, 0.3) is 0 Å². The van der Waals surface area contributed by atoms with Gasteiger partial charge in [-0.05, 0) is 31.0 Å². The molecule has 1 aromatic rings. The molecule has 1 heterocycles. The number of hydrogen-bond acceptors (Lipinski definition) is 2. The Morgan fingerprint density at radius 1 is 1.40 bits per heavy atom. The Morgan fingerprint density at radius 3 is 2.60 bits per heavy atom. The molecule has 0 atom stereocenters. The molecular weight excluding hydrogens is 229 g/mol. The van der Waals surface area contributed by atoms with Crippen molar-refractivity contribution in [2.45, 2.75) is 19.0 Å². The Balaban J connectivity index is 3.04. The molecule has 0 unspecified atom stereocenters. The van der Waals surface area contributed by atoms with Crippen LogP contribution in [-0.2, 0) is 12.6 Å². The van der Waals surface area contributed by atoms with Gasteiger partial charge in [-0.2, -0.15) is 13.2 Å². The molecule has 2 nitrogen and oxygen atoms in total. The van der Waals surface area contributed by atoms with Crippen molar-refractivity contribution in [3.05, 3.63) is 28.5 Å². The van der Waals surface area contributed by atoms with E-state index in [9.17, 15) is 13.2 Å². The minimum atomic E-state index is -4.39. The van der Waals surface area contributed by atoms with Crippen molar-refractivity contribution in [1.82, 2.24) is 4.98 Å². The quantitative estimate of drug-likeness (QED) is 0.823. The summed E-state index contributed by atoms with van der Waals surface area (Å²) >= 11 is 5.42. The largest absolute Gasteiger partial charge is 0.416 e. The van der Waals surface area contributed by atoms with E-state index < -0.39 is 11.7 Å². The van der Waals surface area contributed by atoms with Gasteiger partial charge in [0, 0.05) is 6.20 Å². The number of nitrogens with zero attached hydrogens (tertiary/aromatic N) is 1. The molecule has 1 aromatic heterocycles. The maximum Gasteiger partial charge on any atom is 0.416 e. The van der Waals surface area contributed by atoms with Crippen LogP contribution in [0, 0.1) is 0 Å². The second kappa shape index (κ2) is 4.81. The molecule has 0 saturated heterocycles. The summed E-state index contributed by atoms with van der Waals surface area (Å²) in [6.07, 6.45) is -2.49. The van der Waals surface area contributed by atoms with Crippen molar-refractivity contribution < 1.29 is 13.2 Å². The molecule has 0 aliphatic carbocycles. The van der Waals surface area contributed by atoms with E-state index >= 15 is 0 Å². The molecule has 0 amide bonds. The summed E-state index contributed by atoms with van der Waals surface area (Å²) in [5.41, 5.74) is 4.65. The van der Waals surface area contributed by atoms with Crippen LogP contribution in [0.4, 0.5) is 13.2 Å². The van der Waals surface area contributed by atoms with E-state index in [-0.39, 0.29) is 17.1 Å². The van der Waals surface area contributed by atoms with Gasteiger partial charge in [-0.15, -0.1) is 0 Å².